The fourth-order valence-electron chi connectivity index (χ4n) is 4.22. The van der Waals surface area contributed by atoms with Crippen LogP contribution in [0.15, 0.2) is 52.4 Å². The molecule has 36 heavy (non-hydrogen) atoms. The van der Waals surface area contributed by atoms with Gasteiger partial charge >= 0.3 is 0 Å². The van der Waals surface area contributed by atoms with Crippen molar-refractivity contribution in [1.82, 2.24) is 8.87 Å². The number of ether oxygens (including phenoxy) is 2. The van der Waals surface area contributed by atoms with Crippen LogP contribution < -0.4 is 9.54 Å². The van der Waals surface area contributed by atoms with Crippen LogP contribution in [-0.2, 0) is 26.1 Å². The lowest BCUT2D eigenvalue weighted by Crippen LogP contribution is -2.42. The number of piperidine rings is 1. The summed E-state index contributed by atoms with van der Waals surface area (Å²) in [5.74, 6) is -0.668. The van der Waals surface area contributed by atoms with Crippen LogP contribution in [0.25, 0.3) is 10.2 Å². The fourth-order valence-corrected chi connectivity index (χ4v) is 6.83. The van der Waals surface area contributed by atoms with Crippen LogP contribution in [0.5, 0.6) is 5.75 Å². The van der Waals surface area contributed by atoms with Crippen LogP contribution >= 0.6 is 11.3 Å². The minimum atomic E-state index is -3.83. The molecule has 0 N–H and O–H groups in total. The van der Waals surface area contributed by atoms with Gasteiger partial charge in [-0.25, -0.2) is 12.8 Å². The highest BCUT2D eigenvalue weighted by molar-refractivity contribution is 7.89. The predicted molar refractivity (Wildman–Crippen MR) is 136 cm³/mol. The van der Waals surface area contributed by atoms with E-state index in [0.29, 0.717) is 50.6 Å². The van der Waals surface area contributed by atoms with Crippen molar-refractivity contribution in [3.63, 3.8) is 0 Å². The van der Waals surface area contributed by atoms with Crippen molar-refractivity contribution in [2.24, 2.45) is 10.9 Å². The van der Waals surface area contributed by atoms with E-state index in [0.717, 1.165) is 28.1 Å². The lowest BCUT2D eigenvalue weighted by molar-refractivity contribution is -0.122. The molecule has 0 aliphatic carbocycles. The molecule has 11 heteroatoms. The molecule has 194 valence electrons. The molecule has 0 saturated carbocycles. The maximum atomic E-state index is 13.3. The number of aromatic nitrogens is 1. The van der Waals surface area contributed by atoms with Crippen LogP contribution in [0.1, 0.15) is 26.7 Å². The Morgan fingerprint density at radius 2 is 1.94 bits per heavy atom. The molecule has 1 aliphatic heterocycles. The molecular formula is C25H30FN3O5S2. The number of thiazole rings is 1. The molecule has 8 nitrogen and oxygen atoms in total. The van der Waals surface area contributed by atoms with Crippen LogP contribution in [-0.4, -0.2) is 56.1 Å². The summed E-state index contributed by atoms with van der Waals surface area (Å²) < 4.78 is 54.7. The Hall–Kier alpha value is -2.60. The van der Waals surface area contributed by atoms with Crippen molar-refractivity contribution < 1.29 is 27.1 Å². The number of halogens is 1. The van der Waals surface area contributed by atoms with Crippen LogP contribution in [0, 0.1) is 11.7 Å². The molecule has 1 aliphatic rings. The predicted octanol–water partition coefficient (Wildman–Crippen LogP) is 3.81. The van der Waals surface area contributed by atoms with Gasteiger partial charge in [0.25, 0.3) is 5.91 Å². The van der Waals surface area contributed by atoms with Crippen molar-refractivity contribution in [3.05, 3.63) is 53.1 Å². The van der Waals surface area contributed by atoms with E-state index in [1.165, 1.54) is 27.8 Å². The summed E-state index contributed by atoms with van der Waals surface area (Å²) in [5, 5.41) is 0. The third kappa shape index (κ3) is 5.86. The molecule has 2 heterocycles. The topological polar surface area (TPSA) is 90.2 Å². The molecule has 4 rings (SSSR count). The minimum absolute atomic E-state index is 0.0114. The summed E-state index contributed by atoms with van der Waals surface area (Å²) in [5.41, 5.74) is 0.930. The molecule has 2 aromatic carbocycles. The summed E-state index contributed by atoms with van der Waals surface area (Å²) in [7, 11) is -3.83. The van der Waals surface area contributed by atoms with Gasteiger partial charge in [-0.3, -0.25) is 4.79 Å². The van der Waals surface area contributed by atoms with E-state index in [2.05, 4.69) is 4.99 Å². The number of benzene rings is 2. The highest BCUT2D eigenvalue weighted by Gasteiger charge is 2.33. The van der Waals surface area contributed by atoms with Crippen molar-refractivity contribution >= 4 is 37.5 Å². The zero-order chi connectivity index (χ0) is 25.7. The van der Waals surface area contributed by atoms with E-state index in [1.807, 2.05) is 36.6 Å². The summed E-state index contributed by atoms with van der Waals surface area (Å²) in [6.07, 6.45) is 1.09. The molecule has 0 spiro atoms. The van der Waals surface area contributed by atoms with Gasteiger partial charge in [-0.05, 0) is 69.2 Å². The van der Waals surface area contributed by atoms with Crippen molar-refractivity contribution in [3.8, 4) is 5.75 Å². The molecule has 1 atom stereocenters. The van der Waals surface area contributed by atoms with Gasteiger partial charge in [0.05, 0.1) is 34.2 Å². The van der Waals surface area contributed by atoms with E-state index in [9.17, 15) is 17.6 Å². The maximum Gasteiger partial charge on any atom is 0.252 e. The van der Waals surface area contributed by atoms with Gasteiger partial charge in [0.2, 0.25) is 10.0 Å². The van der Waals surface area contributed by atoms with Gasteiger partial charge < -0.3 is 14.0 Å². The molecule has 3 aromatic rings. The zero-order valence-corrected chi connectivity index (χ0v) is 22.0. The Bertz CT molecular complexity index is 1380. The summed E-state index contributed by atoms with van der Waals surface area (Å²) in [6.45, 7) is 6.34. The van der Waals surface area contributed by atoms with Gasteiger partial charge in [-0.1, -0.05) is 11.3 Å². The van der Waals surface area contributed by atoms with E-state index in [4.69, 9.17) is 9.47 Å². The largest absolute Gasteiger partial charge is 0.494 e. The lowest BCUT2D eigenvalue weighted by Gasteiger charge is -2.30. The Balaban J connectivity index is 1.61. The van der Waals surface area contributed by atoms with E-state index < -0.39 is 21.8 Å². The van der Waals surface area contributed by atoms with Gasteiger partial charge in [0, 0.05) is 26.2 Å². The van der Waals surface area contributed by atoms with Gasteiger partial charge in [0.1, 0.15) is 11.6 Å². The zero-order valence-electron chi connectivity index (χ0n) is 20.4. The molecule has 1 aromatic heterocycles. The minimum Gasteiger partial charge on any atom is -0.494 e. The van der Waals surface area contributed by atoms with Gasteiger partial charge in [-0.15, -0.1) is 0 Å². The monoisotopic (exact) mass is 535 g/mol. The number of carbonyl (C=O) groups is 1. The Labute approximate surface area is 214 Å². The fraction of sp³-hybridized carbons (Fsp3) is 0.440. The molecule has 0 bridgehead atoms. The standard InChI is InChI=1S/C25H30FN3O5S2/c1-3-33-15-14-29-22-12-9-20(34-4-2)16-23(22)35-25(29)27-24(30)18-6-5-13-28(17-18)36(31,32)21-10-7-19(26)8-11-21/h7-12,16,18H,3-6,13-15,17H2,1-2H3. The third-order valence-corrected chi connectivity index (χ3v) is 8.94. The molecule has 0 radical (unpaired) electrons. The number of sulfonamides is 1. The smallest absolute Gasteiger partial charge is 0.252 e. The number of nitrogens with zero attached hydrogens (tertiary/aromatic N) is 3. The first-order chi connectivity index (χ1) is 17.3. The first kappa shape index (κ1) is 26.5. The Morgan fingerprint density at radius 1 is 1.17 bits per heavy atom. The summed E-state index contributed by atoms with van der Waals surface area (Å²) in [4.78, 5) is 18.3. The quantitative estimate of drug-likeness (QED) is 0.389. The molecule has 1 fully saturated rings. The molecule has 1 amide bonds. The van der Waals surface area contributed by atoms with Crippen molar-refractivity contribution in [2.75, 3.05) is 32.9 Å². The first-order valence-corrected chi connectivity index (χ1v) is 14.3. The maximum absolute atomic E-state index is 13.3. The summed E-state index contributed by atoms with van der Waals surface area (Å²) in [6, 6.07) is 10.5. The van der Waals surface area contributed by atoms with Crippen molar-refractivity contribution in [1.29, 1.82) is 0 Å². The Morgan fingerprint density at radius 3 is 2.67 bits per heavy atom. The average molecular weight is 536 g/mol. The van der Waals surface area contributed by atoms with Crippen LogP contribution in [0.2, 0.25) is 0 Å². The molecular weight excluding hydrogens is 505 g/mol. The number of hydrogen-bond donors (Lipinski definition) is 0. The SMILES string of the molecule is CCOCCn1c(=NC(=O)C2CCCN(S(=O)(=O)c3ccc(F)cc3)C2)sc2cc(OCC)ccc21. The third-order valence-electron chi connectivity index (χ3n) is 6.02. The molecule has 1 saturated heterocycles. The number of rotatable bonds is 9. The highest BCUT2D eigenvalue weighted by Crippen LogP contribution is 2.26. The normalized spacial score (nSPS) is 17.5. The van der Waals surface area contributed by atoms with E-state index in [1.54, 1.807) is 0 Å². The number of amides is 1. The highest BCUT2D eigenvalue weighted by atomic mass is 32.2. The number of fused-ring (bicyclic) bond motifs is 1. The average Bonchev–Trinajstić information content (AvgIpc) is 3.21. The van der Waals surface area contributed by atoms with Crippen LogP contribution in [0.3, 0.4) is 0 Å². The number of hydrogen-bond acceptors (Lipinski definition) is 6. The van der Waals surface area contributed by atoms with Crippen molar-refractivity contribution in [2.45, 2.75) is 38.1 Å². The van der Waals surface area contributed by atoms with E-state index >= 15 is 0 Å². The molecule has 1 unspecified atom stereocenters. The van der Waals surface area contributed by atoms with E-state index in [-0.39, 0.29) is 17.3 Å². The van der Waals surface area contributed by atoms with Gasteiger partial charge in [0.15, 0.2) is 4.80 Å². The second-order valence-corrected chi connectivity index (χ2v) is 11.3. The van der Waals surface area contributed by atoms with Crippen LogP contribution in [0.4, 0.5) is 4.39 Å². The Kier molecular flexibility index (Phi) is 8.55. The second kappa shape index (κ2) is 11.6. The number of carbonyl (C=O) groups excluding carboxylic acids is 1. The lowest BCUT2D eigenvalue weighted by atomic mass is 9.99. The summed E-state index contributed by atoms with van der Waals surface area (Å²) >= 11 is 1.39. The first-order valence-electron chi connectivity index (χ1n) is 12.0. The van der Waals surface area contributed by atoms with Gasteiger partial charge in [-0.2, -0.15) is 9.30 Å². The second-order valence-electron chi connectivity index (χ2n) is 8.40.